The Labute approximate surface area is 259 Å². The Bertz CT molecular complexity index is 1930. The Morgan fingerprint density at radius 1 is 0.953 bits per heavy atom. The number of benzene rings is 3. The molecule has 0 radical (unpaired) electrons. The lowest BCUT2D eigenvalue weighted by atomic mass is 10.2. The number of nitrogens with zero attached hydrogens (tertiary/aromatic N) is 5. The number of thioether (sulfide) groups is 1. The molecule has 0 saturated heterocycles. The fourth-order valence-electron chi connectivity index (χ4n) is 4.12. The first-order chi connectivity index (χ1) is 21.1. The van der Waals surface area contributed by atoms with Crippen LogP contribution in [0.15, 0.2) is 114 Å². The van der Waals surface area contributed by atoms with Gasteiger partial charge in [-0.15, -0.1) is 21.5 Å². The quantitative estimate of drug-likeness (QED) is 0.0629. The van der Waals surface area contributed by atoms with Gasteiger partial charge in [0.05, 0.1) is 17.0 Å². The molecule has 0 aliphatic heterocycles. The molecule has 12 heteroatoms. The van der Waals surface area contributed by atoms with E-state index in [2.05, 4.69) is 25.7 Å². The van der Waals surface area contributed by atoms with E-state index < -0.39 is 5.97 Å². The van der Waals surface area contributed by atoms with Gasteiger partial charge in [0, 0.05) is 33.7 Å². The molecule has 0 aliphatic rings. The van der Waals surface area contributed by atoms with Crippen LogP contribution in [0.1, 0.15) is 15.2 Å². The highest BCUT2D eigenvalue weighted by Crippen LogP contribution is 2.35. The maximum absolute atomic E-state index is 12.7. The number of amides is 1. The van der Waals surface area contributed by atoms with Gasteiger partial charge in [-0.2, -0.15) is 5.10 Å². The molecule has 9 nitrogen and oxygen atoms in total. The second-order valence-electron chi connectivity index (χ2n) is 8.99. The number of carbonyl (C=O) groups is 2. The van der Waals surface area contributed by atoms with Gasteiger partial charge in [0.15, 0.2) is 11.0 Å². The van der Waals surface area contributed by atoms with Crippen LogP contribution in [0.3, 0.4) is 0 Å². The van der Waals surface area contributed by atoms with Crippen molar-refractivity contribution in [3.63, 3.8) is 0 Å². The van der Waals surface area contributed by atoms with E-state index in [1.165, 1.54) is 29.3 Å². The molecular formula is C31H21ClN6O3S2. The molecule has 0 bridgehead atoms. The predicted molar refractivity (Wildman–Crippen MR) is 169 cm³/mol. The van der Waals surface area contributed by atoms with Crippen LogP contribution in [0.2, 0.25) is 5.02 Å². The number of halogens is 1. The number of hydrogen-bond acceptors (Lipinski definition) is 9. The molecule has 1 amide bonds. The van der Waals surface area contributed by atoms with Crippen LogP contribution in [0.5, 0.6) is 5.75 Å². The molecule has 0 atom stereocenters. The number of pyridine rings is 1. The van der Waals surface area contributed by atoms with Gasteiger partial charge in [0.25, 0.3) is 5.91 Å². The summed E-state index contributed by atoms with van der Waals surface area (Å²) in [6.45, 7) is 0. The normalized spacial score (nSPS) is 11.2. The topological polar surface area (TPSA) is 111 Å². The molecule has 3 aromatic carbocycles. The van der Waals surface area contributed by atoms with Crippen molar-refractivity contribution in [3.05, 3.63) is 119 Å². The maximum atomic E-state index is 12.7. The summed E-state index contributed by atoms with van der Waals surface area (Å²) < 4.78 is 8.33. The summed E-state index contributed by atoms with van der Waals surface area (Å²) in [5.74, 6) is 0.266. The lowest BCUT2D eigenvalue weighted by molar-refractivity contribution is -0.118. The Morgan fingerprint density at radius 2 is 1.70 bits per heavy atom. The molecule has 0 fully saturated rings. The average Bonchev–Trinajstić information content (AvgIpc) is 3.63. The molecule has 3 aromatic heterocycles. The van der Waals surface area contributed by atoms with E-state index in [0.717, 1.165) is 21.3 Å². The highest BCUT2D eigenvalue weighted by molar-refractivity contribution is 7.99. The summed E-state index contributed by atoms with van der Waals surface area (Å²) in [6, 6.07) is 27.7. The first kappa shape index (κ1) is 28.3. The van der Waals surface area contributed by atoms with Gasteiger partial charge in [-0.3, -0.25) is 14.3 Å². The number of ether oxygens (including phenoxy) is 1. The van der Waals surface area contributed by atoms with Crippen molar-refractivity contribution >= 4 is 62.9 Å². The number of nitrogens with one attached hydrogen (secondary N) is 1. The molecule has 3 heterocycles. The zero-order valence-electron chi connectivity index (χ0n) is 22.3. The van der Waals surface area contributed by atoms with Crippen molar-refractivity contribution in [1.29, 1.82) is 0 Å². The van der Waals surface area contributed by atoms with E-state index in [-0.39, 0.29) is 11.7 Å². The number of esters is 1. The standard InChI is InChI=1S/C31H21ClN6O3S2/c32-27-24-8-4-5-9-25(24)43-28(27)30(40)41-23-12-10-20(11-13-23)18-34-35-26(39)19-42-31-37-36-29(21-14-16-33-17-15-21)38(31)22-6-2-1-3-7-22/h1-18H,19H2,(H,35,39)/b34-18-. The Hall–Kier alpha value is -4.84. The summed E-state index contributed by atoms with van der Waals surface area (Å²) in [6.07, 6.45) is 4.89. The van der Waals surface area contributed by atoms with Crippen LogP contribution < -0.4 is 10.2 Å². The van der Waals surface area contributed by atoms with Crippen LogP contribution in [-0.4, -0.2) is 43.6 Å². The molecular weight excluding hydrogens is 604 g/mol. The highest BCUT2D eigenvalue weighted by Gasteiger charge is 2.19. The smallest absolute Gasteiger partial charge is 0.355 e. The molecule has 0 aliphatic carbocycles. The molecule has 0 saturated carbocycles. The molecule has 6 rings (SSSR count). The van der Waals surface area contributed by atoms with Crippen LogP contribution in [0.4, 0.5) is 0 Å². The predicted octanol–water partition coefficient (Wildman–Crippen LogP) is 6.66. The Kier molecular flexibility index (Phi) is 8.55. The second kappa shape index (κ2) is 13.0. The average molecular weight is 625 g/mol. The Balaban J connectivity index is 1.05. The van der Waals surface area contributed by atoms with Gasteiger partial charge < -0.3 is 4.74 Å². The minimum absolute atomic E-state index is 0.0772. The minimum atomic E-state index is -0.520. The van der Waals surface area contributed by atoms with E-state index in [9.17, 15) is 9.59 Å². The molecule has 0 unspecified atom stereocenters. The first-order valence-corrected chi connectivity index (χ1v) is 15.1. The largest absolute Gasteiger partial charge is 0.422 e. The zero-order valence-corrected chi connectivity index (χ0v) is 24.6. The molecule has 0 spiro atoms. The number of rotatable bonds is 9. The van der Waals surface area contributed by atoms with Crippen molar-refractivity contribution in [2.45, 2.75) is 5.16 Å². The lowest BCUT2D eigenvalue weighted by Crippen LogP contribution is -2.20. The van der Waals surface area contributed by atoms with E-state index >= 15 is 0 Å². The van der Waals surface area contributed by atoms with Gasteiger partial charge >= 0.3 is 5.97 Å². The van der Waals surface area contributed by atoms with Crippen molar-refractivity contribution < 1.29 is 14.3 Å². The Morgan fingerprint density at radius 3 is 2.47 bits per heavy atom. The number of thiophene rings is 1. The van der Waals surface area contributed by atoms with Crippen LogP contribution >= 0.6 is 34.7 Å². The van der Waals surface area contributed by atoms with Crippen LogP contribution in [0.25, 0.3) is 27.2 Å². The van der Waals surface area contributed by atoms with E-state index in [1.54, 1.807) is 36.7 Å². The number of hydrazone groups is 1. The molecule has 1 N–H and O–H groups in total. The highest BCUT2D eigenvalue weighted by atomic mass is 35.5. The zero-order chi connectivity index (χ0) is 29.6. The fraction of sp³-hybridized carbons (Fsp3) is 0.0323. The molecule has 6 aromatic rings. The molecule has 43 heavy (non-hydrogen) atoms. The SMILES string of the molecule is O=C(CSc1nnc(-c2ccncc2)n1-c1ccccc1)N/N=C\c1ccc(OC(=O)c2sc3ccccc3c2Cl)cc1. The van der Waals surface area contributed by atoms with E-state index in [4.69, 9.17) is 16.3 Å². The first-order valence-electron chi connectivity index (χ1n) is 12.9. The lowest BCUT2D eigenvalue weighted by Gasteiger charge is -2.10. The van der Waals surface area contributed by atoms with Crippen molar-refractivity contribution in [3.8, 4) is 22.8 Å². The van der Waals surface area contributed by atoms with Gasteiger partial charge in [-0.05, 0) is 60.2 Å². The third-order valence-corrected chi connectivity index (χ3v) is 8.72. The second-order valence-corrected chi connectivity index (χ2v) is 11.4. The fourth-order valence-corrected chi connectivity index (χ4v) is 6.25. The van der Waals surface area contributed by atoms with Crippen LogP contribution in [-0.2, 0) is 4.79 Å². The molecule has 212 valence electrons. The summed E-state index contributed by atoms with van der Waals surface area (Å²) >= 11 is 8.93. The van der Waals surface area contributed by atoms with Gasteiger partial charge in [-0.25, -0.2) is 10.2 Å². The monoisotopic (exact) mass is 624 g/mol. The number of para-hydroxylation sites is 1. The number of aromatic nitrogens is 4. The van der Waals surface area contributed by atoms with Gasteiger partial charge in [0.1, 0.15) is 10.6 Å². The van der Waals surface area contributed by atoms with Crippen molar-refractivity contribution in [2.75, 3.05) is 5.75 Å². The van der Waals surface area contributed by atoms with E-state index in [0.29, 0.717) is 32.2 Å². The summed E-state index contributed by atoms with van der Waals surface area (Å²) in [5, 5.41) is 14.5. The van der Waals surface area contributed by atoms with E-state index in [1.807, 2.05) is 71.3 Å². The van der Waals surface area contributed by atoms with Crippen molar-refractivity contribution in [2.24, 2.45) is 5.10 Å². The summed E-state index contributed by atoms with van der Waals surface area (Å²) in [5.41, 5.74) is 4.97. The van der Waals surface area contributed by atoms with Gasteiger partial charge in [0.2, 0.25) is 0 Å². The van der Waals surface area contributed by atoms with Gasteiger partial charge in [-0.1, -0.05) is 59.8 Å². The number of fused-ring (bicyclic) bond motifs is 1. The minimum Gasteiger partial charge on any atom is -0.422 e. The number of carbonyl (C=O) groups excluding carboxylic acids is 2. The van der Waals surface area contributed by atoms with Crippen LogP contribution in [0, 0.1) is 0 Å². The summed E-state index contributed by atoms with van der Waals surface area (Å²) in [4.78, 5) is 29.7. The number of hydrogen-bond donors (Lipinski definition) is 1. The third-order valence-electron chi connectivity index (χ3n) is 6.13. The maximum Gasteiger partial charge on any atom is 0.355 e. The third kappa shape index (κ3) is 6.49. The summed E-state index contributed by atoms with van der Waals surface area (Å²) in [7, 11) is 0. The van der Waals surface area contributed by atoms with Crippen molar-refractivity contribution in [1.82, 2.24) is 25.2 Å².